The summed E-state index contributed by atoms with van der Waals surface area (Å²) >= 11 is 12.4. The lowest BCUT2D eigenvalue weighted by atomic mass is 9.81. The molecule has 1 fully saturated rings. The Bertz CT molecular complexity index is 542. The lowest BCUT2D eigenvalue weighted by Crippen LogP contribution is -2.41. The molecule has 0 radical (unpaired) electrons. The predicted octanol–water partition coefficient (Wildman–Crippen LogP) is 3.30. The molecule has 1 saturated carbocycles. The van der Waals surface area contributed by atoms with Crippen molar-refractivity contribution in [2.45, 2.75) is 43.9 Å². The van der Waals surface area contributed by atoms with Gasteiger partial charge >= 0.3 is 0 Å². The zero-order chi connectivity index (χ0) is 14.4. The van der Waals surface area contributed by atoms with Crippen molar-refractivity contribution < 1.29 is 9.94 Å². The molecule has 0 aromatic heterocycles. The molecule has 1 spiro atoms. The predicted molar refractivity (Wildman–Crippen MR) is 79.0 cm³/mol. The van der Waals surface area contributed by atoms with E-state index < -0.39 is 11.3 Å². The van der Waals surface area contributed by atoms with Gasteiger partial charge in [0.15, 0.2) is 11.6 Å². The summed E-state index contributed by atoms with van der Waals surface area (Å²) < 4.78 is 0. The maximum atomic E-state index is 10.0. The van der Waals surface area contributed by atoms with Crippen molar-refractivity contribution >= 4 is 29.0 Å². The summed E-state index contributed by atoms with van der Waals surface area (Å²) in [5, 5.41) is 11.1. The van der Waals surface area contributed by atoms with Gasteiger partial charge in [0.2, 0.25) is 0 Å². The van der Waals surface area contributed by atoms with E-state index in [-0.39, 0.29) is 0 Å². The van der Waals surface area contributed by atoms with Gasteiger partial charge in [-0.2, -0.15) is 0 Å². The van der Waals surface area contributed by atoms with E-state index in [1.807, 2.05) is 6.92 Å². The molecule has 4 nitrogen and oxygen atoms in total. The van der Waals surface area contributed by atoms with E-state index in [0.717, 1.165) is 0 Å². The molecule has 0 bridgehead atoms. The SMILES string of the molecule is CC1(O)CCC2(CC1)N=C(c1c(Cl)cccc1Cl)NO2. The maximum Gasteiger partial charge on any atom is 0.187 e. The van der Waals surface area contributed by atoms with Crippen molar-refractivity contribution in [1.29, 1.82) is 0 Å². The van der Waals surface area contributed by atoms with E-state index in [2.05, 4.69) is 10.5 Å². The summed E-state index contributed by atoms with van der Waals surface area (Å²) in [4.78, 5) is 10.3. The molecule has 108 valence electrons. The molecule has 0 amide bonds. The van der Waals surface area contributed by atoms with E-state index in [4.69, 9.17) is 28.0 Å². The number of amidine groups is 1. The number of nitrogens with zero attached hydrogens (tertiary/aromatic N) is 1. The first-order chi connectivity index (χ1) is 9.41. The zero-order valence-corrected chi connectivity index (χ0v) is 12.6. The van der Waals surface area contributed by atoms with Crippen LogP contribution in [0.25, 0.3) is 0 Å². The van der Waals surface area contributed by atoms with Crippen LogP contribution in [0.3, 0.4) is 0 Å². The highest BCUT2D eigenvalue weighted by molar-refractivity contribution is 6.40. The first-order valence-electron chi connectivity index (χ1n) is 6.62. The number of hydroxylamine groups is 1. The zero-order valence-electron chi connectivity index (χ0n) is 11.1. The first kappa shape index (κ1) is 14.1. The van der Waals surface area contributed by atoms with E-state index in [9.17, 15) is 5.11 Å². The van der Waals surface area contributed by atoms with Gasteiger partial charge in [-0.05, 0) is 31.9 Å². The summed E-state index contributed by atoms with van der Waals surface area (Å²) in [6, 6.07) is 5.32. The molecule has 2 N–H and O–H groups in total. The third kappa shape index (κ3) is 2.53. The summed E-state index contributed by atoms with van der Waals surface area (Å²) in [6.45, 7) is 1.85. The summed E-state index contributed by atoms with van der Waals surface area (Å²) in [6.07, 6.45) is 2.64. The van der Waals surface area contributed by atoms with Crippen LogP contribution in [0.2, 0.25) is 10.0 Å². The van der Waals surface area contributed by atoms with Crippen LogP contribution in [0.4, 0.5) is 0 Å². The topological polar surface area (TPSA) is 53.9 Å². The normalized spacial score (nSPS) is 33.1. The van der Waals surface area contributed by atoms with Crippen LogP contribution >= 0.6 is 23.2 Å². The van der Waals surface area contributed by atoms with E-state index in [1.165, 1.54) is 0 Å². The van der Waals surface area contributed by atoms with Gasteiger partial charge in [0.05, 0.1) is 21.2 Å². The fourth-order valence-electron chi connectivity index (χ4n) is 2.62. The molecule has 0 saturated heterocycles. The summed E-state index contributed by atoms with van der Waals surface area (Å²) in [5.41, 5.74) is 2.26. The van der Waals surface area contributed by atoms with Crippen LogP contribution in [-0.4, -0.2) is 22.3 Å². The second kappa shape index (κ2) is 4.88. The van der Waals surface area contributed by atoms with Gasteiger partial charge in [-0.15, -0.1) is 0 Å². The number of rotatable bonds is 1. The molecule has 2 aliphatic rings. The van der Waals surface area contributed by atoms with Crippen LogP contribution in [0.1, 0.15) is 38.2 Å². The highest BCUT2D eigenvalue weighted by atomic mass is 35.5. The van der Waals surface area contributed by atoms with E-state index >= 15 is 0 Å². The number of hydrogen-bond donors (Lipinski definition) is 2. The van der Waals surface area contributed by atoms with Crippen LogP contribution < -0.4 is 5.48 Å². The number of aliphatic hydroxyl groups is 1. The molecule has 20 heavy (non-hydrogen) atoms. The Morgan fingerprint density at radius 1 is 1.20 bits per heavy atom. The Labute approximate surface area is 127 Å². The average molecular weight is 315 g/mol. The molecule has 1 aliphatic carbocycles. The van der Waals surface area contributed by atoms with Crippen molar-refractivity contribution in [3.05, 3.63) is 33.8 Å². The number of aliphatic imine (C=N–C) groups is 1. The van der Waals surface area contributed by atoms with Crippen molar-refractivity contribution in [2.75, 3.05) is 0 Å². The minimum absolute atomic E-state index is 0.534. The third-order valence-electron chi connectivity index (χ3n) is 3.96. The molecular weight excluding hydrogens is 299 g/mol. The number of benzene rings is 1. The Morgan fingerprint density at radius 3 is 2.40 bits per heavy atom. The van der Waals surface area contributed by atoms with Crippen LogP contribution in [0.15, 0.2) is 23.2 Å². The molecule has 3 rings (SSSR count). The van der Waals surface area contributed by atoms with Gasteiger partial charge in [-0.25, -0.2) is 15.3 Å². The van der Waals surface area contributed by atoms with Crippen LogP contribution in [0, 0.1) is 0 Å². The Balaban J connectivity index is 1.89. The number of nitrogens with one attached hydrogen (secondary N) is 1. The Hall–Kier alpha value is -0.810. The van der Waals surface area contributed by atoms with Gasteiger partial charge in [-0.1, -0.05) is 29.3 Å². The fraction of sp³-hybridized carbons (Fsp3) is 0.500. The molecule has 1 aromatic carbocycles. The monoisotopic (exact) mass is 314 g/mol. The molecule has 1 aromatic rings. The third-order valence-corrected chi connectivity index (χ3v) is 4.59. The van der Waals surface area contributed by atoms with Crippen LogP contribution in [0.5, 0.6) is 0 Å². The highest BCUT2D eigenvalue weighted by Gasteiger charge is 2.44. The lowest BCUT2D eigenvalue weighted by molar-refractivity contribution is -0.115. The second-order valence-electron chi connectivity index (χ2n) is 5.70. The minimum Gasteiger partial charge on any atom is -0.390 e. The fourth-order valence-corrected chi connectivity index (χ4v) is 3.19. The van der Waals surface area contributed by atoms with Crippen molar-refractivity contribution in [2.24, 2.45) is 4.99 Å². The summed E-state index contributed by atoms with van der Waals surface area (Å²) in [5.74, 6) is 0.558. The minimum atomic E-state index is -0.630. The van der Waals surface area contributed by atoms with Gasteiger partial charge in [-0.3, -0.25) is 0 Å². The second-order valence-corrected chi connectivity index (χ2v) is 6.52. The van der Waals surface area contributed by atoms with Crippen LogP contribution in [-0.2, 0) is 4.84 Å². The molecule has 0 atom stereocenters. The standard InChI is InChI=1S/C14H16Cl2N2O2/c1-13(19)5-7-14(8-6-13)17-12(18-20-14)11-9(15)3-2-4-10(11)16/h2-4,19H,5-8H2,1H3,(H,17,18). The van der Waals surface area contributed by atoms with E-state index in [1.54, 1.807) is 18.2 Å². The van der Waals surface area contributed by atoms with E-state index in [0.29, 0.717) is 47.1 Å². The van der Waals surface area contributed by atoms with Gasteiger partial charge in [0.1, 0.15) is 0 Å². The first-order valence-corrected chi connectivity index (χ1v) is 7.37. The Morgan fingerprint density at radius 2 is 1.80 bits per heavy atom. The molecule has 1 aliphatic heterocycles. The molecule has 6 heteroatoms. The highest BCUT2D eigenvalue weighted by Crippen LogP contribution is 2.40. The number of halogens is 2. The van der Waals surface area contributed by atoms with Gasteiger partial charge in [0.25, 0.3) is 0 Å². The van der Waals surface area contributed by atoms with Gasteiger partial charge in [0, 0.05) is 12.8 Å². The van der Waals surface area contributed by atoms with Crippen molar-refractivity contribution in [3.63, 3.8) is 0 Å². The number of hydrogen-bond acceptors (Lipinski definition) is 4. The quantitative estimate of drug-likeness (QED) is 0.836. The largest absolute Gasteiger partial charge is 0.390 e. The van der Waals surface area contributed by atoms with Gasteiger partial charge < -0.3 is 5.11 Å². The van der Waals surface area contributed by atoms with Crippen molar-refractivity contribution in [1.82, 2.24) is 5.48 Å². The maximum absolute atomic E-state index is 10.0. The lowest BCUT2D eigenvalue weighted by Gasteiger charge is -2.36. The average Bonchev–Trinajstić information content (AvgIpc) is 2.78. The van der Waals surface area contributed by atoms with Crippen molar-refractivity contribution in [3.8, 4) is 0 Å². The Kier molecular flexibility index (Phi) is 3.45. The summed E-state index contributed by atoms with van der Waals surface area (Å²) in [7, 11) is 0. The molecular formula is C14H16Cl2N2O2. The molecule has 0 unspecified atom stereocenters. The smallest absolute Gasteiger partial charge is 0.187 e. The molecule has 1 heterocycles.